The van der Waals surface area contributed by atoms with Crippen LogP contribution in [0.2, 0.25) is 5.02 Å². The minimum atomic E-state index is -0.846. The molecule has 7 heteroatoms. The molecule has 30 heavy (non-hydrogen) atoms. The molecular formula is C23H17ClN2O4. The van der Waals surface area contributed by atoms with Crippen LogP contribution in [0.4, 0.5) is 5.82 Å². The number of ketones is 1. The molecule has 0 saturated carbocycles. The summed E-state index contributed by atoms with van der Waals surface area (Å²) in [6, 6.07) is 17.6. The Labute approximate surface area is 178 Å². The van der Waals surface area contributed by atoms with Crippen molar-refractivity contribution < 1.29 is 19.4 Å². The Kier molecular flexibility index (Phi) is 5.25. The van der Waals surface area contributed by atoms with Crippen molar-refractivity contribution in [2.24, 2.45) is 0 Å². The fraction of sp³-hybridized carbons (Fsp3) is 0.0870. The van der Waals surface area contributed by atoms with Gasteiger partial charge in [0.1, 0.15) is 17.3 Å². The van der Waals surface area contributed by atoms with E-state index in [1.165, 1.54) is 4.90 Å². The summed E-state index contributed by atoms with van der Waals surface area (Å²) >= 11 is 5.94. The molecular weight excluding hydrogens is 404 g/mol. The van der Waals surface area contributed by atoms with E-state index in [9.17, 15) is 14.7 Å². The lowest BCUT2D eigenvalue weighted by molar-refractivity contribution is -0.132. The van der Waals surface area contributed by atoms with Gasteiger partial charge in [0.25, 0.3) is 5.78 Å². The number of aliphatic hydroxyl groups excluding tert-OH is 1. The van der Waals surface area contributed by atoms with Crippen molar-refractivity contribution in [1.82, 2.24) is 4.98 Å². The summed E-state index contributed by atoms with van der Waals surface area (Å²) in [6.07, 6.45) is 1.54. The van der Waals surface area contributed by atoms with Crippen molar-refractivity contribution in [2.75, 3.05) is 12.0 Å². The third-order valence-corrected chi connectivity index (χ3v) is 5.14. The quantitative estimate of drug-likeness (QED) is 0.385. The molecule has 1 fully saturated rings. The van der Waals surface area contributed by atoms with Crippen molar-refractivity contribution in [1.29, 1.82) is 0 Å². The number of pyridine rings is 1. The highest BCUT2D eigenvalue weighted by Gasteiger charge is 2.47. The number of anilines is 1. The molecule has 2 aromatic carbocycles. The first-order valence-corrected chi connectivity index (χ1v) is 9.51. The molecule has 0 radical (unpaired) electrons. The first-order chi connectivity index (χ1) is 14.5. The molecule has 1 unspecified atom stereocenters. The van der Waals surface area contributed by atoms with Gasteiger partial charge in [-0.1, -0.05) is 29.8 Å². The number of aliphatic hydroxyl groups is 1. The molecule has 1 aliphatic heterocycles. The van der Waals surface area contributed by atoms with Crippen LogP contribution in [0.15, 0.2) is 78.5 Å². The Morgan fingerprint density at radius 1 is 1.03 bits per heavy atom. The number of aromatic nitrogens is 1. The van der Waals surface area contributed by atoms with Gasteiger partial charge in [-0.25, -0.2) is 4.98 Å². The summed E-state index contributed by atoms with van der Waals surface area (Å²) in [5.41, 5.74) is 1.01. The monoisotopic (exact) mass is 420 g/mol. The van der Waals surface area contributed by atoms with Gasteiger partial charge in [-0.3, -0.25) is 14.5 Å². The minimum absolute atomic E-state index is 0.0156. The maximum absolute atomic E-state index is 13.0. The Bertz CT molecular complexity index is 1130. The maximum atomic E-state index is 13.0. The van der Waals surface area contributed by atoms with Crippen molar-refractivity contribution in [3.63, 3.8) is 0 Å². The predicted octanol–water partition coefficient (Wildman–Crippen LogP) is 4.37. The average Bonchev–Trinajstić information content (AvgIpc) is 3.05. The number of benzene rings is 2. The zero-order chi connectivity index (χ0) is 21.3. The molecule has 3 aromatic rings. The van der Waals surface area contributed by atoms with Gasteiger partial charge in [0.15, 0.2) is 0 Å². The van der Waals surface area contributed by atoms with E-state index >= 15 is 0 Å². The Morgan fingerprint density at radius 2 is 1.73 bits per heavy atom. The highest BCUT2D eigenvalue weighted by molar-refractivity contribution is 6.51. The number of Topliss-reactive ketones (excluding diaryl/α,β-unsaturated/α-hetero) is 1. The van der Waals surface area contributed by atoms with Crippen molar-refractivity contribution >= 4 is 34.9 Å². The summed E-state index contributed by atoms with van der Waals surface area (Å²) in [5, 5.41) is 11.5. The van der Waals surface area contributed by atoms with Gasteiger partial charge in [0.2, 0.25) is 0 Å². The van der Waals surface area contributed by atoms with Crippen LogP contribution >= 0.6 is 11.6 Å². The molecule has 0 spiro atoms. The van der Waals surface area contributed by atoms with Gasteiger partial charge in [0, 0.05) is 16.8 Å². The molecule has 6 nitrogen and oxygen atoms in total. The van der Waals surface area contributed by atoms with E-state index in [0.717, 1.165) is 0 Å². The van der Waals surface area contributed by atoms with Crippen LogP contribution in [0, 0.1) is 0 Å². The molecule has 0 bridgehead atoms. The summed E-state index contributed by atoms with van der Waals surface area (Å²) in [6.45, 7) is 0. The van der Waals surface area contributed by atoms with Crippen molar-refractivity contribution in [3.05, 3.63) is 94.6 Å². The summed E-state index contributed by atoms with van der Waals surface area (Å²) in [7, 11) is 1.55. The number of rotatable bonds is 4. The van der Waals surface area contributed by atoms with Crippen LogP contribution < -0.4 is 9.64 Å². The van der Waals surface area contributed by atoms with Crippen molar-refractivity contribution in [2.45, 2.75) is 6.04 Å². The van der Waals surface area contributed by atoms with Crippen LogP contribution in [0.25, 0.3) is 5.76 Å². The highest BCUT2D eigenvalue weighted by atomic mass is 35.5. The number of ether oxygens (including phenoxy) is 1. The van der Waals surface area contributed by atoms with Crippen LogP contribution in [0.3, 0.4) is 0 Å². The second-order valence-corrected chi connectivity index (χ2v) is 7.07. The number of hydrogen-bond donors (Lipinski definition) is 1. The SMILES string of the molecule is COc1ccc(C2/C(=C(\O)c3ccc(Cl)cc3)C(=O)C(=O)N2c2ccccn2)cc1. The number of carbonyl (C=O) groups excluding carboxylic acids is 2. The number of nitrogens with zero attached hydrogens (tertiary/aromatic N) is 2. The summed E-state index contributed by atoms with van der Waals surface area (Å²) < 4.78 is 5.21. The zero-order valence-corrected chi connectivity index (χ0v) is 16.7. The normalized spacial score (nSPS) is 17.9. The lowest BCUT2D eigenvalue weighted by atomic mass is 9.95. The molecule has 1 amide bonds. The minimum Gasteiger partial charge on any atom is -0.507 e. The highest BCUT2D eigenvalue weighted by Crippen LogP contribution is 2.41. The summed E-state index contributed by atoms with van der Waals surface area (Å²) in [5.74, 6) is -0.870. The number of carbonyl (C=O) groups is 2. The smallest absolute Gasteiger partial charge is 0.301 e. The fourth-order valence-electron chi connectivity index (χ4n) is 3.43. The molecule has 150 valence electrons. The molecule has 1 atom stereocenters. The van der Waals surface area contributed by atoms with Crippen LogP contribution in [0.1, 0.15) is 17.2 Å². The maximum Gasteiger partial charge on any atom is 0.301 e. The van der Waals surface area contributed by atoms with E-state index in [4.69, 9.17) is 16.3 Å². The zero-order valence-electron chi connectivity index (χ0n) is 15.9. The molecule has 1 N–H and O–H groups in total. The van der Waals surface area contributed by atoms with E-state index in [-0.39, 0.29) is 11.3 Å². The molecule has 1 saturated heterocycles. The third-order valence-electron chi connectivity index (χ3n) is 4.89. The van der Waals surface area contributed by atoms with Crippen molar-refractivity contribution in [3.8, 4) is 5.75 Å². The predicted molar refractivity (Wildman–Crippen MR) is 113 cm³/mol. The number of halogens is 1. The molecule has 4 rings (SSSR count). The second kappa shape index (κ2) is 8.00. The van der Waals surface area contributed by atoms with Gasteiger partial charge in [-0.2, -0.15) is 0 Å². The largest absolute Gasteiger partial charge is 0.507 e. The second-order valence-electron chi connectivity index (χ2n) is 6.64. The van der Waals surface area contributed by atoms with Crippen LogP contribution in [0.5, 0.6) is 5.75 Å². The fourth-order valence-corrected chi connectivity index (χ4v) is 3.56. The van der Waals surface area contributed by atoms with Gasteiger partial charge in [-0.15, -0.1) is 0 Å². The number of methoxy groups -OCH3 is 1. The van der Waals surface area contributed by atoms with Gasteiger partial charge < -0.3 is 9.84 Å². The number of amides is 1. The summed E-state index contributed by atoms with van der Waals surface area (Å²) in [4.78, 5) is 31.5. The number of hydrogen-bond acceptors (Lipinski definition) is 5. The molecule has 1 aliphatic rings. The van der Waals surface area contributed by atoms with Gasteiger partial charge in [-0.05, 0) is 54.1 Å². The van der Waals surface area contributed by atoms with E-state index in [0.29, 0.717) is 27.7 Å². The average molecular weight is 421 g/mol. The molecule has 0 aliphatic carbocycles. The topological polar surface area (TPSA) is 79.7 Å². The van der Waals surface area contributed by atoms with Gasteiger partial charge in [0.05, 0.1) is 18.7 Å². The Hall–Kier alpha value is -3.64. The molecule has 2 heterocycles. The lowest BCUT2D eigenvalue weighted by Crippen LogP contribution is -2.30. The Morgan fingerprint density at radius 3 is 2.33 bits per heavy atom. The first-order valence-electron chi connectivity index (χ1n) is 9.13. The van der Waals surface area contributed by atoms with E-state index in [1.54, 1.807) is 80.0 Å². The van der Waals surface area contributed by atoms with E-state index in [2.05, 4.69) is 4.98 Å². The standard InChI is InChI=1S/C23H17ClN2O4/c1-30-17-11-7-14(8-12-17)20-19(21(27)15-5-9-16(24)10-6-15)22(28)23(29)26(20)18-4-2-3-13-25-18/h2-13,20,27H,1H3/b21-19+. The van der Waals surface area contributed by atoms with Gasteiger partial charge >= 0.3 is 5.91 Å². The van der Waals surface area contributed by atoms with Crippen LogP contribution in [-0.2, 0) is 9.59 Å². The first kappa shape index (κ1) is 19.7. The van der Waals surface area contributed by atoms with Crippen LogP contribution in [-0.4, -0.2) is 28.9 Å². The van der Waals surface area contributed by atoms with E-state index < -0.39 is 17.7 Å². The molecule has 1 aromatic heterocycles. The Balaban J connectivity index is 1.92. The third kappa shape index (κ3) is 3.42. The van der Waals surface area contributed by atoms with E-state index in [1.807, 2.05) is 0 Å². The lowest BCUT2D eigenvalue weighted by Gasteiger charge is -2.24.